The predicted octanol–water partition coefficient (Wildman–Crippen LogP) is 3.92. The van der Waals surface area contributed by atoms with Crippen LogP contribution < -0.4 is 10.6 Å². The van der Waals surface area contributed by atoms with Gasteiger partial charge in [-0.3, -0.25) is 9.59 Å². The van der Waals surface area contributed by atoms with E-state index in [1.807, 2.05) is 42.5 Å². The Labute approximate surface area is 158 Å². The lowest BCUT2D eigenvalue weighted by Crippen LogP contribution is -2.32. The molecule has 0 bridgehead atoms. The van der Waals surface area contributed by atoms with Gasteiger partial charge in [0.05, 0.1) is 23.0 Å². The highest BCUT2D eigenvalue weighted by molar-refractivity contribution is 7.21. The number of furan rings is 1. The van der Waals surface area contributed by atoms with Gasteiger partial charge >= 0.3 is 0 Å². The first-order valence-electron chi connectivity index (χ1n) is 8.26. The summed E-state index contributed by atoms with van der Waals surface area (Å²) in [6.07, 6.45) is 1.41. The van der Waals surface area contributed by atoms with Crippen molar-refractivity contribution in [1.29, 1.82) is 0 Å². The second kappa shape index (κ2) is 7.43. The van der Waals surface area contributed by atoms with Gasteiger partial charge < -0.3 is 15.1 Å². The molecule has 4 rings (SSSR count). The van der Waals surface area contributed by atoms with Gasteiger partial charge in [-0.05, 0) is 36.4 Å². The first-order chi connectivity index (χ1) is 13.2. The Morgan fingerprint density at radius 2 is 1.93 bits per heavy atom. The molecular weight excluding hydrogens is 362 g/mol. The van der Waals surface area contributed by atoms with Gasteiger partial charge in [-0.2, -0.15) is 0 Å². The Balaban J connectivity index is 1.43. The summed E-state index contributed by atoms with van der Waals surface area (Å²) in [7, 11) is 0. The number of para-hydroxylation sites is 1. The van der Waals surface area contributed by atoms with Gasteiger partial charge in [0.1, 0.15) is 5.01 Å². The van der Waals surface area contributed by atoms with Crippen molar-refractivity contribution >= 4 is 39.1 Å². The lowest BCUT2D eigenvalue weighted by molar-refractivity contribution is -0.115. The van der Waals surface area contributed by atoms with Crippen LogP contribution in [0, 0.1) is 0 Å². The second-order valence-electron chi connectivity index (χ2n) is 5.78. The Morgan fingerprint density at radius 3 is 2.74 bits per heavy atom. The third-order valence-electron chi connectivity index (χ3n) is 3.84. The molecular formula is C20H15N3O3S. The molecule has 0 aliphatic heterocycles. The molecule has 2 N–H and O–H groups in total. The summed E-state index contributed by atoms with van der Waals surface area (Å²) >= 11 is 1.60. The topological polar surface area (TPSA) is 84.2 Å². The number of fused-ring (bicyclic) bond motifs is 1. The van der Waals surface area contributed by atoms with Crippen LogP contribution in [-0.4, -0.2) is 23.3 Å². The number of anilines is 1. The summed E-state index contributed by atoms with van der Waals surface area (Å²) in [6, 6.07) is 18.6. The van der Waals surface area contributed by atoms with E-state index in [1.54, 1.807) is 23.5 Å². The molecule has 0 radical (unpaired) electrons. The predicted molar refractivity (Wildman–Crippen MR) is 105 cm³/mol. The fourth-order valence-corrected chi connectivity index (χ4v) is 3.55. The Bertz CT molecular complexity index is 1070. The minimum atomic E-state index is -0.432. The fourth-order valence-electron chi connectivity index (χ4n) is 2.59. The number of amides is 2. The lowest BCUT2D eigenvalue weighted by Gasteiger charge is -2.07. The number of hydrogen-bond donors (Lipinski definition) is 2. The number of benzene rings is 2. The largest absolute Gasteiger partial charge is 0.459 e. The van der Waals surface area contributed by atoms with Crippen LogP contribution in [0.3, 0.4) is 0 Å². The summed E-state index contributed by atoms with van der Waals surface area (Å²) < 4.78 is 6.10. The zero-order valence-corrected chi connectivity index (χ0v) is 15.0. The van der Waals surface area contributed by atoms with Crippen LogP contribution >= 0.6 is 11.3 Å². The standard InChI is InChI=1S/C20H15N3O3S/c24-18(12-21-19(25)16-8-4-10-26-16)22-14-6-3-5-13(11-14)20-23-15-7-1-2-9-17(15)27-20/h1-11H,12H2,(H,21,25)(H,22,24). The fraction of sp³-hybridized carbons (Fsp3) is 0.0500. The van der Waals surface area contributed by atoms with Gasteiger partial charge in [0.25, 0.3) is 5.91 Å². The van der Waals surface area contributed by atoms with Crippen LogP contribution in [0.4, 0.5) is 5.69 Å². The Morgan fingerprint density at radius 1 is 1.04 bits per heavy atom. The van der Waals surface area contributed by atoms with E-state index >= 15 is 0 Å². The third kappa shape index (κ3) is 3.88. The van der Waals surface area contributed by atoms with E-state index in [1.165, 1.54) is 12.3 Å². The summed E-state index contributed by atoms with van der Waals surface area (Å²) in [5.74, 6) is -0.588. The van der Waals surface area contributed by atoms with Crippen molar-refractivity contribution in [1.82, 2.24) is 10.3 Å². The molecule has 0 fully saturated rings. The molecule has 0 saturated heterocycles. The van der Waals surface area contributed by atoms with E-state index in [0.29, 0.717) is 5.69 Å². The quantitative estimate of drug-likeness (QED) is 0.552. The molecule has 27 heavy (non-hydrogen) atoms. The van der Waals surface area contributed by atoms with Crippen molar-refractivity contribution in [2.75, 3.05) is 11.9 Å². The summed E-state index contributed by atoms with van der Waals surface area (Å²) in [5, 5.41) is 6.18. The zero-order valence-electron chi connectivity index (χ0n) is 14.1. The van der Waals surface area contributed by atoms with E-state index in [4.69, 9.17) is 4.42 Å². The lowest BCUT2D eigenvalue weighted by atomic mass is 10.2. The second-order valence-corrected chi connectivity index (χ2v) is 6.81. The molecule has 4 aromatic rings. The van der Waals surface area contributed by atoms with E-state index in [9.17, 15) is 9.59 Å². The maximum atomic E-state index is 12.1. The molecule has 7 heteroatoms. The van der Waals surface area contributed by atoms with E-state index < -0.39 is 5.91 Å². The van der Waals surface area contributed by atoms with Crippen LogP contribution in [0.5, 0.6) is 0 Å². The van der Waals surface area contributed by atoms with Gasteiger partial charge in [0, 0.05) is 11.3 Å². The summed E-state index contributed by atoms with van der Waals surface area (Å²) in [6.45, 7) is -0.148. The number of nitrogens with one attached hydrogen (secondary N) is 2. The average Bonchev–Trinajstić information content (AvgIpc) is 3.36. The summed E-state index contributed by atoms with van der Waals surface area (Å²) in [4.78, 5) is 28.5. The molecule has 0 saturated carbocycles. The van der Waals surface area contributed by atoms with Crippen LogP contribution in [-0.2, 0) is 4.79 Å². The highest BCUT2D eigenvalue weighted by atomic mass is 32.1. The van der Waals surface area contributed by atoms with Gasteiger partial charge in [-0.25, -0.2) is 4.98 Å². The van der Waals surface area contributed by atoms with Gasteiger partial charge in [0.15, 0.2) is 5.76 Å². The molecule has 0 aliphatic carbocycles. The van der Waals surface area contributed by atoms with Gasteiger partial charge in [-0.15, -0.1) is 11.3 Å². The van der Waals surface area contributed by atoms with Crippen molar-refractivity contribution < 1.29 is 14.0 Å². The van der Waals surface area contributed by atoms with Gasteiger partial charge in [0.2, 0.25) is 5.91 Å². The molecule has 2 aromatic heterocycles. The normalized spacial score (nSPS) is 10.7. The number of rotatable bonds is 5. The van der Waals surface area contributed by atoms with Crippen molar-refractivity contribution in [2.24, 2.45) is 0 Å². The SMILES string of the molecule is O=C(CNC(=O)c1ccco1)Nc1cccc(-c2nc3ccccc3s2)c1. The number of aromatic nitrogens is 1. The molecule has 0 spiro atoms. The Hall–Kier alpha value is -3.45. The van der Waals surface area contributed by atoms with Crippen molar-refractivity contribution in [3.63, 3.8) is 0 Å². The maximum absolute atomic E-state index is 12.1. The van der Waals surface area contributed by atoms with Crippen LogP contribution in [0.25, 0.3) is 20.8 Å². The van der Waals surface area contributed by atoms with E-state index in [0.717, 1.165) is 20.8 Å². The Kier molecular flexibility index (Phi) is 4.67. The minimum Gasteiger partial charge on any atom is -0.459 e. The van der Waals surface area contributed by atoms with Crippen molar-refractivity contribution in [2.45, 2.75) is 0 Å². The van der Waals surface area contributed by atoms with Gasteiger partial charge in [-0.1, -0.05) is 24.3 Å². The molecule has 0 unspecified atom stereocenters. The molecule has 2 amide bonds. The minimum absolute atomic E-state index is 0.148. The van der Waals surface area contributed by atoms with E-state index in [2.05, 4.69) is 15.6 Å². The zero-order chi connectivity index (χ0) is 18.6. The van der Waals surface area contributed by atoms with Crippen molar-refractivity contribution in [3.8, 4) is 10.6 Å². The highest BCUT2D eigenvalue weighted by Gasteiger charge is 2.11. The maximum Gasteiger partial charge on any atom is 0.287 e. The molecule has 0 aliphatic rings. The average molecular weight is 377 g/mol. The molecule has 2 aromatic carbocycles. The number of thiazole rings is 1. The first-order valence-corrected chi connectivity index (χ1v) is 9.08. The van der Waals surface area contributed by atoms with Crippen LogP contribution in [0.2, 0.25) is 0 Å². The van der Waals surface area contributed by atoms with E-state index in [-0.39, 0.29) is 18.2 Å². The number of nitrogens with zero attached hydrogens (tertiary/aromatic N) is 1. The molecule has 134 valence electrons. The molecule has 2 heterocycles. The monoisotopic (exact) mass is 377 g/mol. The number of carbonyl (C=O) groups excluding carboxylic acids is 2. The number of carbonyl (C=O) groups is 2. The smallest absolute Gasteiger partial charge is 0.287 e. The third-order valence-corrected chi connectivity index (χ3v) is 4.93. The molecule has 6 nitrogen and oxygen atoms in total. The summed E-state index contributed by atoms with van der Waals surface area (Å²) in [5.41, 5.74) is 2.52. The highest BCUT2D eigenvalue weighted by Crippen LogP contribution is 2.31. The van der Waals surface area contributed by atoms with Crippen molar-refractivity contribution in [3.05, 3.63) is 72.7 Å². The van der Waals surface area contributed by atoms with Crippen LogP contribution in [0.1, 0.15) is 10.6 Å². The molecule has 0 atom stereocenters. The number of hydrogen-bond acceptors (Lipinski definition) is 5. The van der Waals surface area contributed by atoms with Crippen LogP contribution in [0.15, 0.2) is 71.3 Å². The first kappa shape index (κ1) is 17.0.